The molecule has 1 atom stereocenters. The highest BCUT2D eigenvalue weighted by Crippen LogP contribution is 2.14. The summed E-state index contributed by atoms with van der Waals surface area (Å²) < 4.78 is 0. The summed E-state index contributed by atoms with van der Waals surface area (Å²) in [6.07, 6.45) is 3.56. The van der Waals surface area contributed by atoms with E-state index < -0.39 is 0 Å². The van der Waals surface area contributed by atoms with E-state index in [1.807, 2.05) is 0 Å². The Morgan fingerprint density at radius 3 is 2.00 bits per heavy atom. The largest absolute Gasteiger partial charge is 0.0856 e. The van der Waals surface area contributed by atoms with E-state index in [0.717, 1.165) is 11.8 Å². The normalized spacial score (nSPS) is 13.4. The van der Waals surface area contributed by atoms with E-state index in [0.29, 0.717) is 0 Å². The van der Waals surface area contributed by atoms with Crippen LogP contribution in [0, 0.1) is 11.8 Å². The fraction of sp³-hybridized carbons (Fsp3) is 0.800. The van der Waals surface area contributed by atoms with Crippen molar-refractivity contribution in [2.45, 2.75) is 41.0 Å². The summed E-state index contributed by atoms with van der Waals surface area (Å²) in [5, 5.41) is 0. The molecule has 60 valence electrons. The topological polar surface area (TPSA) is 0 Å². The first-order valence-corrected chi connectivity index (χ1v) is 4.17. The molecule has 0 aromatic carbocycles. The van der Waals surface area contributed by atoms with E-state index in [-0.39, 0.29) is 0 Å². The third-order valence-electron chi connectivity index (χ3n) is 2.04. The zero-order chi connectivity index (χ0) is 8.15. The third kappa shape index (κ3) is 4.60. The van der Waals surface area contributed by atoms with Crippen LogP contribution in [0.15, 0.2) is 11.6 Å². The van der Waals surface area contributed by atoms with Gasteiger partial charge < -0.3 is 0 Å². The monoisotopic (exact) mass is 140 g/mol. The fourth-order valence-corrected chi connectivity index (χ4v) is 0.694. The zero-order valence-electron chi connectivity index (χ0n) is 7.94. The van der Waals surface area contributed by atoms with Gasteiger partial charge >= 0.3 is 0 Å². The molecule has 0 radical (unpaired) electrons. The Hall–Kier alpha value is -0.260. The molecule has 0 aliphatic rings. The molecule has 0 aliphatic carbocycles. The summed E-state index contributed by atoms with van der Waals surface area (Å²) in [5.74, 6) is 1.64. The fourth-order valence-electron chi connectivity index (χ4n) is 0.694. The molecule has 0 saturated carbocycles. The van der Waals surface area contributed by atoms with Crippen LogP contribution in [0.1, 0.15) is 41.0 Å². The van der Waals surface area contributed by atoms with Crippen LogP contribution in [-0.2, 0) is 0 Å². The summed E-state index contributed by atoms with van der Waals surface area (Å²) >= 11 is 0. The van der Waals surface area contributed by atoms with Gasteiger partial charge in [0.05, 0.1) is 0 Å². The Morgan fingerprint density at radius 1 is 1.20 bits per heavy atom. The van der Waals surface area contributed by atoms with Gasteiger partial charge in [0, 0.05) is 0 Å². The molecule has 0 fully saturated rings. The molecular formula is C10H20. The van der Waals surface area contributed by atoms with Gasteiger partial charge in [0.2, 0.25) is 0 Å². The Bertz CT molecular complexity index is 105. The van der Waals surface area contributed by atoms with Crippen LogP contribution in [0.4, 0.5) is 0 Å². The first-order chi connectivity index (χ1) is 4.54. The molecule has 0 aromatic heterocycles. The first-order valence-electron chi connectivity index (χ1n) is 4.17. The molecule has 0 heteroatoms. The highest BCUT2D eigenvalue weighted by atomic mass is 14.1. The average Bonchev–Trinajstić information content (AvgIpc) is 1.82. The minimum absolute atomic E-state index is 0.815. The predicted molar refractivity (Wildman–Crippen MR) is 48.1 cm³/mol. The Balaban J connectivity index is 3.59. The van der Waals surface area contributed by atoms with Crippen molar-refractivity contribution in [3.8, 4) is 0 Å². The van der Waals surface area contributed by atoms with Crippen molar-refractivity contribution in [2.24, 2.45) is 11.8 Å². The second kappa shape index (κ2) is 4.54. The summed E-state index contributed by atoms with van der Waals surface area (Å²) in [7, 11) is 0. The zero-order valence-corrected chi connectivity index (χ0v) is 7.94. The van der Waals surface area contributed by atoms with Gasteiger partial charge in [0.25, 0.3) is 0 Å². The van der Waals surface area contributed by atoms with Crippen LogP contribution in [0.3, 0.4) is 0 Å². The van der Waals surface area contributed by atoms with Gasteiger partial charge in [-0.25, -0.2) is 0 Å². The number of allylic oxidation sites excluding steroid dienone is 2. The second-order valence-electron chi connectivity index (χ2n) is 3.74. The molecule has 0 nitrogen and oxygen atoms in total. The summed E-state index contributed by atoms with van der Waals surface area (Å²) in [6, 6.07) is 0. The number of hydrogen-bond acceptors (Lipinski definition) is 0. The molecule has 0 N–H and O–H groups in total. The first kappa shape index (κ1) is 9.74. The van der Waals surface area contributed by atoms with Crippen molar-refractivity contribution >= 4 is 0 Å². The van der Waals surface area contributed by atoms with Crippen molar-refractivity contribution in [1.82, 2.24) is 0 Å². The van der Waals surface area contributed by atoms with E-state index in [9.17, 15) is 0 Å². The van der Waals surface area contributed by atoms with Crippen LogP contribution < -0.4 is 0 Å². The van der Waals surface area contributed by atoms with E-state index in [2.05, 4.69) is 40.7 Å². The number of hydrogen-bond donors (Lipinski definition) is 0. The van der Waals surface area contributed by atoms with Crippen molar-refractivity contribution in [1.29, 1.82) is 0 Å². The maximum atomic E-state index is 2.32. The van der Waals surface area contributed by atoms with Crippen molar-refractivity contribution in [2.75, 3.05) is 0 Å². The highest BCUT2D eigenvalue weighted by Gasteiger charge is 2.03. The van der Waals surface area contributed by atoms with Gasteiger partial charge in [0.1, 0.15) is 0 Å². The SMILES string of the molecule is CC(C)=CCC(C)C(C)C. The van der Waals surface area contributed by atoms with E-state index >= 15 is 0 Å². The summed E-state index contributed by atoms with van der Waals surface area (Å²) in [5.41, 5.74) is 1.44. The molecule has 0 bridgehead atoms. The van der Waals surface area contributed by atoms with Gasteiger partial charge in [0.15, 0.2) is 0 Å². The molecule has 0 amide bonds. The predicted octanol–water partition coefficient (Wildman–Crippen LogP) is 3.63. The highest BCUT2D eigenvalue weighted by molar-refractivity contribution is 4.93. The minimum atomic E-state index is 0.815. The molecular weight excluding hydrogens is 120 g/mol. The van der Waals surface area contributed by atoms with Crippen molar-refractivity contribution in [3.05, 3.63) is 11.6 Å². The maximum absolute atomic E-state index is 2.32. The lowest BCUT2D eigenvalue weighted by atomic mass is 9.94. The lowest BCUT2D eigenvalue weighted by Crippen LogP contribution is -2.01. The standard InChI is InChI=1S/C10H20/c1-8(2)6-7-10(5)9(3)4/h6,9-10H,7H2,1-5H3. The molecule has 0 aliphatic heterocycles. The van der Waals surface area contributed by atoms with Crippen LogP contribution >= 0.6 is 0 Å². The Labute approximate surface area is 65.3 Å². The van der Waals surface area contributed by atoms with E-state index in [1.54, 1.807) is 0 Å². The summed E-state index contributed by atoms with van der Waals surface area (Å²) in [6.45, 7) is 11.2. The average molecular weight is 140 g/mol. The van der Waals surface area contributed by atoms with Gasteiger partial charge in [-0.05, 0) is 32.1 Å². The molecule has 0 spiro atoms. The van der Waals surface area contributed by atoms with Gasteiger partial charge in [-0.2, -0.15) is 0 Å². The van der Waals surface area contributed by atoms with Gasteiger partial charge in [-0.3, -0.25) is 0 Å². The molecule has 0 rings (SSSR count). The molecule has 10 heavy (non-hydrogen) atoms. The lowest BCUT2D eigenvalue weighted by molar-refractivity contribution is 0.423. The third-order valence-corrected chi connectivity index (χ3v) is 2.04. The van der Waals surface area contributed by atoms with Gasteiger partial charge in [-0.1, -0.05) is 32.4 Å². The van der Waals surface area contributed by atoms with Crippen LogP contribution in [0.25, 0.3) is 0 Å². The Morgan fingerprint density at radius 2 is 1.70 bits per heavy atom. The Kier molecular flexibility index (Phi) is 4.42. The minimum Gasteiger partial charge on any atom is -0.0856 e. The van der Waals surface area contributed by atoms with Crippen LogP contribution in [0.2, 0.25) is 0 Å². The van der Waals surface area contributed by atoms with Crippen LogP contribution in [0.5, 0.6) is 0 Å². The number of rotatable bonds is 3. The second-order valence-corrected chi connectivity index (χ2v) is 3.74. The van der Waals surface area contributed by atoms with E-state index in [1.165, 1.54) is 12.0 Å². The molecule has 0 aromatic rings. The molecule has 0 heterocycles. The van der Waals surface area contributed by atoms with Crippen molar-refractivity contribution < 1.29 is 0 Å². The smallest absolute Gasteiger partial charge is 0.0320 e. The van der Waals surface area contributed by atoms with E-state index in [4.69, 9.17) is 0 Å². The lowest BCUT2D eigenvalue weighted by Gasteiger charge is -2.12. The summed E-state index contributed by atoms with van der Waals surface area (Å²) in [4.78, 5) is 0. The molecule has 1 unspecified atom stereocenters. The quantitative estimate of drug-likeness (QED) is 0.525. The van der Waals surface area contributed by atoms with Gasteiger partial charge in [-0.15, -0.1) is 0 Å². The van der Waals surface area contributed by atoms with Crippen LogP contribution in [-0.4, -0.2) is 0 Å². The molecule has 0 saturated heterocycles. The van der Waals surface area contributed by atoms with Crippen molar-refractivity contribution in [3.63, 3.8) is 0 Å². The maximum Gasteiger partial charge on any atom is -0.0320 e.